The Labute approximate surface area is 109 Å². The lowest BCUT2D eigenvalue weighted by molar-refractivity contribution is 0.597. The molecule has 2 N–H and O–H groups in total. The van der Waals surface area contributed by atoms with Crippen molar-refractivity contribution in [2.24, 2.45) is 0 Å². The second-order valence-electron chi connectivity index (χ2n) is 4.93. The Balaban J connectivity index is 2.08. The second-order valence-corrected chi connectivity index (χ2v) is 7.19. The van der Waals surface area contributed by atoms with Gasteiger partial charge in [0.1, 0.15) is 9.84 Å². The summed E-state index contributed by atoms with van der Waals surface area (Å²) in [6.45, 7) is 1.72. The normalized spacial score (nSPS) is 15.5. The maximum absolute atomic E-state index is 11.1. The van der Waals surface area contributed by atoms with E-state index in [0.717, 1.165) is 37.3 Å². The van der Waals surface area contributed by atoms with E-state index in [0.29, 0.717) is 6.42 Å². The molecule has 0 unspecified atom stereocenters. The first-order valence-electron chi connectivity index (χ1n) is 6.27. The molecule has 1 aromatic rings. The molecule has 0 saturated heterocycles. The summed E-state index contributed by atoms with van der Waals surface area (Å²) in [7, 11) is -2.87. The van der Waals surface area contributed by atoms with Crippen LogP contribution in [0.25, 0.3) is 0 Å². The minimum absolute atomic E-state index is 0.242. The van der Waals surface area contributed by atoms with Gasteiger partial charge in [0.2, 0.25) is 0 Å². The minimum Gasteiger partial charge on any atom is -0.397 e. The number of nitrogens with two attached hydrogens (primary N) is 1. The Morgan fingerprint density at radius 1 is 1.39 bits per heavy atom. The highest BCUT2D eigenvalue weighted by Gasteiger charge is 2.18. The zero-order valence-electron chi connectivity index (χ0n) is 10.7. The van der Waals surface area contributed by atoms with Gasteiger partial charge in [-0.15, -0.1) is 0 Å². The van der Waals surface area contributed by atoms with Crippen LogP contribution in [0.3, 0.4) is 0 Å². The van der Waals surface area contributed by atoms with Crippen LogP contribution >= 0.6 is 0 Å². The molecular formula is C13H20N2O2S. The van der Waals surface area contributed by atoms with Gasteiger partial charge in [0, 0.05) is 19.3 Å². The van der Waals surface area contributed by atoms with Crippen LogP contribution in [0.4, 0.5) is 11.4 Å². The van der Waals surface area contributed by atoms with Crippen molar-refractivity contribution in [3.05, 3.63) is 23.8 Å². The molecule has 0 bridgehead atoms. The fourth-order valence-electron chi connectivity index (χ4n) is 2.51. The predicted octanol–water partition coefficient (Wildman–Crippen LogP) is 1.46. The van der Waals surface area contributed by atoms with Gasteiger partial charge in [-0.25, -0.2) is 8.42 Å². The maximum Gasteiger partial charge on any atom is 0.147 e. The molecule has 1 heterocycles. The number of para-hydroxylation sites is 1. The van der Waals surface area contributed by atoms with Crippen molar-refractivity contribution >= 4 is 21.2 Å². The topological polar surface area (TPSA) is 63.4 Å². The number of aryl methyl sites for hydroxylation is 1. The Hall–Kier alpha value is -1.23. The molecule has 100 valence electrons. The lowest BCUT2D eigenvalue weighted by Crippen LogP contribution is -2.32. The van der Waals surface area contributed by atoms with Gasteiger partial charge in [-0.05, 0) is 30.9 Å². The Morgan fingerprint density at radius 2 is 2.17 bits per heavy atom. The van der Waals surface area contributed by atoms with Crippen LogP contribution in [0.2, 0.25) is 0 Å². The summed E-state index contributed by atoms with van der Waals surface area (Å²) < 4.78 is 22.3. The van der Waals surface area contributed by atoms with Gasteiger partial charge in [-0.2, -0.15) is 0 Å². The van der Waals surface area contributed by atoms with Gasteiger partial charge in [0.05, 0.1) is 17.1 Å². The third-order valence-corrected chi connectivity index (χ3v) is 4.31. The smallest absolute Gasteiger partial charge is 0.147 e. The summed E-state index contributed by atoms with van der Waals surface area (Å²) in [6.07, 6.45) is 4.11. The van der Waals surface area contributed by atoms with Crippen LogP contribution in [0.1, 0.15) is 18.4 Å². The largest absolute Gasteiger partial charge is 0.397 e. The Kier molecular flexibility index (Phi) is 3.80. The molecule has 1 aromatic carbocycles. The zero-order chi connectivity index (χ0) is 13.2. The monoisotopic (exact) mass is 268 g/mol. The van der Waals surface area contributed by atoms with Crippen LogP contribution in [0.15, 0.2) is 18.2 Å². The van der Waals surface area contributed by atoms with Crippen molar-refractivity contribution in [2.45, 2.75) is 19.3 Å². The van der Waals surface area contributed by atoms with E-state index in [4.69, 9.17) is 5.73 Å². The summed E-state index contributed by atoms with van der Waals surface area (Å²) in [5.41, 5.74) is 9.21. The SMILES string of the molecule is CS(=O)(=O)CCCN1CCCc2cccc(N)c21. The Bertz CT molecular complexity index is 526. The lowest BCUT2D eigenvalue weighted by Gasteiger charge is -2.32. The van der Waals surface area contributed by atoms with Gasteiger partial charge in [-0.3, -0.25) is 0 Å². The predicted molar refractivity (Wildman–Crippen MR) is 75.7 cm³/mol. The molecule has 2 rings (SSSR count). The fraction of sp³-hybridized carbons (Fsp3) is 0.538. The number of fused-ring (bicyclic) bond motifs is 1. The van der Waals surface area contributed by atoms with Gasteiger partial charge in [-0.1, -0.05) is 12.1 Å². The zero-order valence-corrected chi connectivity index (χ0v) is 11.5. The summed E-state index contributed by atoms with van der Waals surface area (Å²) in [6, 6.07) is 6.00. The average molecular weight is 268 g/mol. The fourth-order valence-corrected chi connectivity index (χ4v) is 3.17. The highest BCUT2D eigenvalue weighted by Crippen LogP contribution is 2.32. The van der Waals surface area contributed by atoms with Crippen molar-refractivity contribution in [3.8, 4) is 0 Å². The number of benzene rings is 1. The average Bonchev–Trinajstić information content (AvgIpc) is 2.27. The molecule has 0 aliphatic carbocycles. The highest BCUT2D eigenvalue weighted by atomic mass is 32.2. The number of sulfone groups is 1. The molecule has 5 heteroatoms. The van der Waals surface area contributed by atoms with Gasteiger partial charge >= 0.3 is 0 Å². The van der Waals surface area contributed by atoms with E-state index < -0.39 is 9.84 Å². The second kappa shape index (κ2) is 5.18. The number of anilines is 2. The van der Waals surface area contributed by atoms with E-state index in [-0.39, 0.29) is 5.75 Å². The molecule has 0 atom stereocenters. The molecule has 0 amide bonds. The first-order chi connectivity index (χ1) is 8.47. The molecular weight excluding hydrogens is 248 g/mol. The summed E-state index contributed by atoms with van der Waals surface area (Å²) in [5.74, 6) is 0.242. The van der Waals surface area contributed by atoms with Gasteiger partial charge < -0.3 is 10.6 Å². The quantitative estimate of drug-likeness (QED) is 0.840. The van der Waals surface area contributed by atoms with Crippen LogP contribution in [0.5, 0.6) is 0 Å². The van der Waals surface area contributed by atoms with E-state index in [1.54, 1.807) is 0 Å². The molecule has 18 heavy (non-hydrogen) atoms. The number of hydrogen-bond acceptors (Lipinski definition) is 4. The van der Waals surface area contributed by atoms with Crippen LogP contribution in [0, 0.1) is 0 Å². The third kappa shape index (κ3) is 3.16. The summed E-state index contributed by atoms with van der Waals surface area (Å²) in [4.78, 5) is 2.22. The molecule has 4 nitrogen and oxygen atoms in total. The molecule has 0 saturated carbocycles. The minimum atomic E-state index is -2.87. The van der Waals surface area contributed by atoms with E-state index >= 15 is 0 Å². The summed E-state index contributed by atoms with van der Waals surface area (Å²) in [5, 5.41) is 0. The third-order valence-electron chi connectivity index (χ3n) is 3.28. The van der Waals surface area contributed by atoms with E-state index in [1.807, 2.05) is 12.1 Å². The number of nitrogens with zero attached hydrogens (tertiary/aromatic N) is 1. The molecule has 0 fully saturated rings. The number of nitrogen functional groups attached to an aromatic ring is 1. The number of hydrogen-bond donors (Lipinski definition) is 1. The van der Waals surface area contributed by atoms with Crippen molar-refractivity contribution < 1.29 is 8.42 Å². The van der Waals surface area contributed by atoms with Crippen LogP contribution in [-0.4, -0.2) is 33.5 Å². The van der Waals surface area contributed by atoms with Crippen molar-refractivity contribution in [1.29, 1.82) is 0 Å². The van der Waals surface area contributed by atoms with Crippen molar-refractivity contribution in [1.82, 2.24) is 0 Å². The molecule has 0 aromatic heterocycles. The Morgan fingerprint density at radius 3 is 2.89 bits per heavy atom. The highest BCUT2D eigenvalue weighted by molar-refractivity contribution is 7.90. The number of rotatable bonds is 4. The molecule has 1 aliphatic rings. The lowest BCUT2D eigenvalue weighted by atomic mass is 10.0. The van der Waals surface area contributed by atoms with Crippen molar-refractivity contribution in [2.75, 3.05) is 35.7 Å². The summed E-state index contributed by atoms with van der Waals surface area (Å²) >= 11 is 0. The van der Waals surface area contributed by atoms with Gasteiger partial charge in [0.25, 0.3) is 0 Å². The maximum atomic E-state index is 11.1. The van der Waals surface area contributed by atoms with E-state index in [1.165, 1.54) is 11.8 Å². The molecule has 0 spiro atoms. The van der Waals surface area contributed by atoms with E-state index in [2.05, 4.69) is 11.0 Å². The van der Waals surface area contributed by atoms with Crippen molar-refractivity contribution in [3.63, 3.8) is 0 Å². The standard InChI is InChI=1S/C13H20N2O2S/c1-18(16,17)10-4-9-15-8-3-6-11-5-2-7-12(14)13(11)15/h2,5,7H,3-4,6,8-10,14H2,1H3. The molecule has 0 radical (unpaired) electrons. The van der Waals surface area contributed by atoms with Gasteiger partial charge in [0.15, 0.2) is 0 Å². The van der Waals surface area contributed by atoms with E-state index in [9.17, 15) is 8.42 Å². The van der Waals surface area contributed by atoms with Crippen LogP contribution in [-0.2, 0) is 16.3 Å². The van der Waals surface area contributed by atoms with Crippen LogP contribution < -0.4 is 10.6 Å². The first-order valence-corrected chi connectivity index (χ1v) is 8.33. The first kappa shape index (κ1) is 13.2. The molecule has 1 aliphatic heterocycles.